The Morgan fingerprint density at radius 2 is 2.08 bits per heavy atom. The summed E-state index contributed by atoms with van der Waals surface area (Å²) in [7, 11) is 0. The molecule has 0 unspecified atom stereocenters. The third kappa shape index (κ3) is 3.76. The van der Waals surface area contributed by atoms with Crippen LogP contribution in [0, 0.1) is 0 Å². The molecule has 1 aliphatic rings. The van der Waals surface area contributed by atoms with E-state index in [1.54, 1.807) is 0 Å². The summed E-state index contributed by atoms with van der Waals surface area (Å²) < 4.78 is 49.2. The van der Waals surface area contributed by atoms with Crippen molar-refractivity contribution in [3.8, 4) is 11.4 Å². The molecule has 24 heavy (non-hydrogen) atoms. The number of halogens is 3. The number of aromatic nitrogens is 2. The summed E-state index contributed by atoms with van der Waals surface area (Å²) >= 11 is 0. The lowest BCUT2D eigenvalue weighted by Gasteiger charge is -2.35. The monoisotopic (exact) mass is 341 g/mol. The molecule has 0 saturated carbocycles. The van der Waals surface area contributed by atoms with Crippen molar-refractivity contribution in [2.24, 2.45) is 0 Å². The number of alkyl halides is 3. The largest absolute Gasteiger partial charge is 0.416 e. The summed E-state index contributed by atoms with van der Waals surface area (Å²) in [5.41, 5.74) is -0.454. The minimum Gasteiger partial charge on any atom is -0.376 e. The molecule has 1 aromatic carbocycles. The van der Waals surface area contributed by atoms with Gasteiger partial charge in [0.15, 0.2) is 0 Å². The molecule has 0 amide bonds. The lowest BCUT2D eigenvalue weighted by molar-refractivity contribution is -0.137. The molecule has 1 aromatic heterocycles. The topological polar surface area (TPSA) is 51.4 Å². The first kappa shape index (κ1) is 16.9. The van der Waals surface area contributed by atoms with Crippen molar-refractivity contribution in [1.82, 2.24) is 15.0 Å². The maximum absolute atomic E-state index is 12.8. The molecule has 1 aliphatic heterocycles. The van der Waals surface area contributed by atoms with Gasteiger partial charge in [-0.25, -0.2) is 0 Å². The molecule has 0 spiro atoms. The van der Waals surface area contributed by atoms with E-state index in [2.05, 4.69) is 15.0 Å². The third-order valence-electron chi connectivity index (χ3n) is 3.99. The van der Waals surface area contributed by atoms with E-state index in [9.17, 15) is 13.2 Å². The van der Waals surface area contributed by atoms with Gasteiger partial charge in [-0.05, 0) is 26.0 Å². The van der Waals surface area contributed by atoms with E-state index in [1.807, 2.05) is 13.8 Å². The van der Waals surface area contributed by atoms with Crippen LogP contribution in [0.4, 0.5) is 13.2 Å². The van der Waals surface area contributed by atoms with Crippen LogP contribution in [0.2, 0.25) is 0 Å². The van der Waals surface area contributed by atoms with Crippen molar-refractivity contribution in [1.29, 1.82) is 0 Å². The van der Waals surface area contributed by atoms with E-state index in [0.717, 1.165) is 18.7 Å². The fourth-order valence-electron chi connectivity index (χ4n) is 2.64. The van der Waals surface area contributed by atoms with Gasteiger partial charge in [-0.15, -0.1) is 0 Å². The van der Waals surface area contributed by atoms with Gasteiger partial charge in [0, 0.05) is 18.2 Å². The number of nitrogens with zero attached hydrogens (tertiary/aromatic N) is 3. The molecular weight excluding hydrogens is 323 g/mol. The Bertz CT molecular complexity index is 702. The highest BCUT2D eigenvalue weighted by atomic mass is 19.4. The van der Waals surface area contributed by atoms with E-state index in [4.69, 9.17) is 9.26 Å². The van der Waals surface area contributed by atoms with E-state index in [-0.39, 0.29) is 23.5 Å². The Morgan fingerprint density at radius 3 is 2.83 bits per heavy atom. The smallest absolute Gasteiger partial charge is 0.376 e. The number of rotatable bonds is 3. The zero-order valence-corrected chi connectivity index (χ0v) is 13.4. The van der Waals surface area contributed by atoms with Crippen molar-refractivity contribution in [3.05, 3.63) is 35.7 Å². The zero-order chi connectivity index (χ0) is 17.3. The van der Waals surface area contributed by atoms with Crippen molar-refractivity contribution in [2.75, 3.05) is 13.2 Å². The predicted octanol–water partition coefficient (Wildman–Crippen LogP) is 3.36. The highest BCUT2D eigenvalue weighted by Gasteiger charge is 2.31. The normalized spacial score (nSPS) is 22.7. The summed E-state index contributed by atoms with van der Waals surface area (Å²) in [4.78, 5) is 6.38. The molecular formula is C16H18F3N3O2. The van der Waals surface area contributed by atoms with Gasteiger partial charge in [0.25, 0.3) is 0 Å². The molecule has 2 aromatic rings. The minimum atomic E-state index is -4.40. The van der Waals surface area contributed by atoms with Crippen LogP contribution >= 0.6 is 0 Å². The molecule has 8 heteroatoms. The summed E-state index contributed by atoms with van der Waals surface area (Å²) in [5, 5.41) is 3.81. The van der Waals surface area contributed by atoms with Crippen molar-refractivity contribution >= 4 is 0 Å². The molecule has 0 radical (unpaired) electrons. The molecule has 0 aliphatic carbocycles. The fourth-order valence-corrected chi connectivity index (χ4v) is 2.64. The molecule has 2 heterocycles. The van der Waals surface area contributed by atoms with E-state index in [1.165, 1.54) is 12.1 Å². The second-order valence-corrected chi connectivity index (χ2v) is 6.01. The average Bonchev–Trinajstić information content (AvgIpc) is 2.99. The van der Waals surface area contributed by atoms with E-state index in [0.29, 0.717) is 19.0 Å². The standard InChI is InChI=1S/C16H18F3N3O2/c1-10-9-23-11(2)7-22(10)8-14-20-15(21-24-14)12-4-3-5-13(6-12)16(17,18)19/h3-6,10-11H,7-9H2,1-2H3/t10-,11+/m1/s1. The Balaban J connectivity index is 1.76. The maximum atomic E-state index is 12.8. The third-order valence-corrected chi connectivity index (χ3v) is 3.99. The predicted molar refractivity (Wildman–Crippen MR) is 80.0 cm³/mol. The van der Waals surface area contributed by atoms with Crippen LogP contribution in [0.25, 0.3) is 11.4 Å². The van der Waals surface area contributed by atoms with Crippen molar-refractivity contribution in [3.63, 3.8) is 0 Å². The number of hydrogen-bond acceptors (Lipinski definition) is 5. The Hall–Kier alpha value is -1.93. The van der Waals surface area contributed by atoms with Gasteiger partial charge in [-0.1, -0.05) is 17.3 Å². The van der Waals surface area contributed by atoms with Crippen molar-refractivity contribution < 1.29 is 22.4 Å². The van der Waals surface area contributed by atoms with Crippen LogP contribution < -0.4 is 0 Å². The Kier molecular flexibility index (Phi) is 4.60. The molecule has 1 fully saturated rings. The SMILES string of the molecule is C[C@@H]1CO[C@@H](C)CN1Cc1nc(-c2cccc(C(F)(F)F)c2)no1. The highest BCUT2D eigenvalue weighted by Crippen LogP contribution is 2.31. The van der Waals surface area contributed by atoms with Crippen LogP contribution in [0.15, 0.2) is 28.8 Å². The van der Waals surface area contributed by atoms with Gasteiger partial charge in [0.2, 0.25) is 11.7 Å². The number of benzene rings is 1. The summed E-state index contributed by atoms with van der Waals surface area (Å²) in [5.74, 6) is 0.536. The molecule has 2 atom stereocenters. The second kappa shape index (κ2) is 6.52. The number of ether oxygens (including phenoxy) is 1. The van der Waals surface area contributed by atoms with E-state index >= 15 is 0 Å². The summed E-state index contributed by atoms with van der Waals surface area (Å²) in [6.07, 6.45) is -4.28. The maximum Gasteiger partial charge on any atom is 0.416 e. The first-order valence-corrected chi connectivity index (χ1v) is 7.69. The van der Waals surface area contributed by atoms with Gasteiger partial charge in [-0.2, -0.15) is 18.2 Å². The Labute approximate surface area is 137 Å². The van der Waals surface area contributed by atoms with Crippen molar-refractivity contribution in [2.45, 2.75) is 38.7 Å². The first-order chi connectivity index (χ1) is 11.3. The quantitative estimate of drug-likeness (QED) is 0.857. The molecule has 0 N–H and O–H groups in total. The zero-order valence-electron chi connectivity index (χ0n) is 13.4. The van der Waals surface area contributed by atoms with Crippen LogP contribution in [-0.4, -0.2) is 40.3 Å². The second-order valence-electron chi connectivity index (χ2n) is 6.01. The average molecular weight is 341 g/mol. The minimum absolute atomic E-state index is 0.118. The first-order valence-electron chi connectivity index (χ1n) is 7.69. The van der Waals surface area contributed by atoms with Gasteiger partial charge in [0.05, 0.1) is 24.8 Å². The summed E-state index contributed by atoms with van der Waals surface area (Å²) in [6.45, 7) is 5.83. The highest BCUT2D eigenvalue weighted by molar-refractivity contribution is 5.55. The summed E-state index contributed by atoms with van der Waals surface area (Å²) in [6, 6.07) is 5.11. The lowest BCUT2D eigenvalue weighted by atomic mass is 10.1. The van der Waals surface area contributed by atoms with Gasteiger partial charge in [0.1, 0.15) is 0 Å². The fraction of sp³-hybridized carbons (Fsp3) is 0.500. The van der Waals surface area contributed by atoms with Crippen LogP contribution in [0.1, 0.15) is 25.3 Å². The number of morpholine rings is 1. The van der Waals surface area contributed by atoms with Crippen LogP contribution in [0.3, 0.4) is 0 Å². The van der Waals surface area contributed by atoms with E-state index < -0.39 is 11.7 Å². The molecule has 3 rings (SSSR count). The molecule has 5 nitrogen and oxygen atoms in total. The van der Waals surface area contributed by atoms with Gasteiger partial charge in [-0.3, -0.25) is 4.90 Å². The molecule has 0 bridgehead atoms. The number of hydrogen-bond donors (Lipinski definition) is 0. The van der Waals surface area contributed by atoms with Gasteiger partial charge < -0.3 is 9.26 Å². The molecule has 130 valence electrons. The van der Waals surface area contributed by atoms with Crippen LogP contribution in [-0.2, 0) is 17.5 Å². The van der Waals surface area contributed by atoms with Crippen LogP contribution in [0.5, 0.6) is 0 Å². The lowest BCUT2D eigenvalue weighted by Crippen LogP contribution is -2.46. The Morgan fingerprint density at radius 1 is 1.29 bits per heavy atom. The molecule has 1 saturated heterocycles. The van der Waals surface area contributed by atoms with Gasteiger partial charge >= 0.3 is 6.18 Å².